The van der Waals surface area contributed by atoms with Crippen LogP contribution in [0.3, 0.4) is 0 Å². The number of fused-ring (bicyclic) bond motifs is 1. The first-order chi connectivity index (χ1) is 14.7. The molecule has 1 aliphatic rings. The number of carboxylic acids is 1. The molecule has 0 spiro atoms. The lowest BCUT2D eigenvalue weighted by Crippen LogP contribution is -2.09. The molecule has 1 atom stereocenters. The summed E-state index contributed by atoms with van der Waals surface area (Å²) in [6, 6.07) is 7.34. The van der Waals surface area contributed by atoms with Gasteiger partial charge in [0.25, 0.3) is 0 Å². The van der Waals surface area contributed by atoms with Crippen molar-refractivity contribution in [1.82, 2.24) is 20.3 Å². The van der Waals surface area contributed by atoms with Gasteiger partial charge in [-0.2, -0.15) is 10.1 Å². The first kappa shape index (κ1) is 19.7. The normalized spacial score (nSPS) is 13.3. The van der Waals surface area contributed by atoms with E-state index in [4.69, 9.17) is 14.0 Å². The standard InChI is InChI=1S/C20H23N5O5/c26-20(27)11-14(13-4-5-15-16(9-13)29-12-28-15)10-19-23-18(25-30-19)3-1-2-7-21-17-6-8-22-24-17/h4-6,8-9,14H,1-3,7,10-12H2,(H,26,27)(H2,21,22,24). The highest BCUT2D eigenvalue weighted by atomic mass is 16.7. The zero-order valence-corrected chi connectivity index (χ0v) is 16.3. The molecule has 3 aromatic rings. The molecule has 10 heteroatoms. The number of anilines is 1. The average molecular weight is 413 g/mol. The first-order valence-corrected chi connectivity index (χ1v) is 9.83. The Balaban J connectivity index is 1.31. The van der Waals surface area contributed by atoms with Crippen molar-refractivity contribution in [3.05, 3.63) is 47.7 Å². The second kappa shape index (κ2) is 9.29. The van der Waals surface area contributed by atoms with Crippen molar-refractivity contribution in [2.45, 2.75) is 38.0 Å². The summed E-state index contributed by atoms with van der Waals surface area (Å²) in [5.41, 5.74) is 0.839. The molecule has 0 fully saturated rings. The number of aryl methyl sites for hydroxylation is 1. The highest BCUT2D eigenvalue weighted by molar-refractivity contribution is 5.68. The van der Waals surface area contributed by atoms with Crippen LogP contribution >= 0.6 is 0 Å². The Hall–Kier alpha value is -3.56. The summed E-state index contributed by atoms with van der Waals surface area (Å²) in [6.45, 7) is 0.991. The van der Waals surface area contributed by atoms with Gasteiger partial charge in [-0.05, 0) is 36.6 Å². The van der Waals surface area contributed by atoms with Gasteiger partial charge in [-0.3, -0.25) is 9.89 Å². The molecular weight excluding hydrogens is 390 g/mol. The van der Waals surface area contributed by atoms with Crippen molar-refractivity contribution in [2.24, 2.45) is 0 Å². The molecule has 158 valence electrons. The molecule has 0 aliphatic carbocycles. The molecule has 10 nitrogen and oxygen atoms in total. The van der Waals surface area contributed by atoms with Gasteiger partial charge in [0.15, 0.2) is 17.3 Å². The monoisotopic (exact) mass is 413 g/mol. The van der Waals surface area contributed by atoms with Gasteiger partial charge in [0.2, 0.25) is 12.7 Å². The molecule has 0 radical (unpaired) electrons. The number of unbranched alkanes of at least 4 members (excludes halogenated alkanes) is 1. The molecule has 2 aromatic heterocycles. The number of hydrogen-bond acceptors (Lipinski definition) is 8. The van der Waals surface area contributed by atoms with Crippen LogP contribution in [0.1, 0.15) is 42.5 Å². The summed E-state index contributed by atoms with van der Waals surface area (Å²) in [5.74, 6) is 2.06. The zero-order valence-electron chi connectivity index (χ0n) is 16.3. The molecule has 3 N–H and O–H groups in total. The van der Waals surface area contributed by atoms with E-state index in [0.717, 1.165) is 30.8 Å². The van der Waals surface area contributed by atoms with Crippen LogP contribution in [0.25, 0.3) is 0 Å². The van der Waals surface area contributed by atoms with Crippen molar-refractivity contribution in [2.75, 3.05) is 18.7 Å². The SMILES string of the molecule is O=C(O)CC(Cc1nc(CCCCNc2ccn[nH]2)no1)c1ccc2c(c1)OCO2. The molecule has 1 aromatic carbocycles. The minimum absolute atomic E-state index is 0.0450. The van der Waals surface area contributed by atoms with Crippen LogP contribution in [0.5, 0.6) is 11.5 Å². The van der Waals surface area contributed by atoms with Crippen LogP contribution in [0, 0.1) is 0 Å². The first-order valence-electron chi connectivity index (χ1n) is 9.83. The Kier molecular flexibility index (Phi) is 6.11. The van der Waals surface area contributed by atoms with E-state index in [9.17, 15) is 9.90 Å². The number of aliphatic carboxylic acids is 1. The Morgan fingerprint density at radius 1 is 1.23 bits per heavy atom. The summed E-state index contributed by atoms with van der Waals surface area (Å²) in [4.78, 5) is 15.8. The van der Waals surface area contributed by atoms with Gasteiger partial charge in [0, 0.05) is 25.3 Å². The van der Waals surface area contributed by atoms with E-state index in [0.29, 0.717) is 36.1 Å². The summed E-state index contributed by atoms with van der Waals surface area (Å²) in [6.07, 6.45) is 4.55. The largest absolute Gasteiger partial charge is 0.481 e. The number of ether oxygens (including phenoxy) is 2. The fourth-order valence-electron chi connectivity index (χ4n) is 3.36. The quantitative estimate of drug-likeness (QED) is 0.405. The summed E-state index contributed by atoms with van der Waals surface area (Å²) < 4.78 is 16.1. The van der Waals surface area contributed by atoms with E-state index in [1.54, 1.807) is 12.3 Å². The lowest BCUT2D eigenvalue weighted by molar-refractivity contribution is -0.137. The van der Waals surface area contributed by atoms with Crippen molar-refractivity contribution >= 4 is 11.8 Å². The lowest BCUT2D eigenvalue weighted by atomic mass is 9.92. The van der Waals surface area contributed by atoms with Crippen LogP contribution in [-0.2, 0) is 17.6 Å². The molecular formula is C20H23N5O5. The third-order valence-electron chi connectivity index (χ3n) is 4.86. The Labute approximate surface area is 172 Å². The van der Waals surface area contributed by atoms with Crippen LogP contribution < -0.4 is 14.8 Å². The third kappa shape index (κ3) is 5.07. The molecule has 30 heavy (non-hydrogen) atoms. The Morgan fingerprint density at radius 3 is 2.97 bits per heavy atom. The average Bonchev–Trinajstić information content (AvgIpc) is 3.48. The van der Waals surface area contributed by atoms with E-state index in [-0.39, 0.29) is 19.1 Å². The van der Waals surface area contributed by atoms with Gasteiger partial charge in [-0.15, -0.1) is 0 Å². The van der Waals surface area contributed by atoms with Crippen molar-refractivity contribution in [3.8, 4) is 11.5 Å². The van der Waals surface area contributed by atoms with Gasteiger partial charge in [0.05, 0.1) is 12.6 Å². The molecule has 0 amide bonds. The number of carbonyl (C=O) groups is 1. The van der Waals surface area contributed by atoms with Gasteiger partial charge < -0.3 is 24.4 Å². The number of carboxylic acid groups (broad SMARTS) is 1. The van der Waals surface area contributed by atoms with Crippen LogP contribution in [0.15, 0.2) is 35.0 Å². The summed E-state index contributed by atoms with van der Waals surface area (Å²) in [7, 11) is 0. The zero-order chi connectivity index (χ0) is 20.8. The second-order valence-corrected chi connectivity index (χ2v) is 7.07. The topological polar surface area (TPSA) is 135 Å². The Morgan fingerprint density at radius 2 is 2.13 bits per heavy atom. The molecule has 0 bridgehead atoms. The minimum Gasteiger partial charge on any atom is -0.481 e. The molecule has 0 saturated carbocycles. The predicted molar refractivity (Wildman–Crippen MR) is 106 cm³/mol. The number of aromatic nitrogens is 4. The predicted octanol–water partition coefficient (Wildman–Crippen LogP) is 2.76. The van der Waals surface area contributed by atoms with Gasteiger partial charge in [-0.1, -0.05) is 11.2 Å². The molecule has 1 unspecified atom stereocenters. The molecule has 3 heterocycles. The maximum atomic E-state index is 11.4. The fourth-order valence-corrected chi connectivity index (χ4v) is 3.36. The van der Waals surface area contributed by atoms with E-state index in [2.05, 4.69) is 25.7 Å². The van der Waals surface area contributed by atoms with E-state index in [1.165, 1.54) is 0 Å². The Bertz CT molecular complexity index is 972. The van der Waals surface area contributed by atoms with Crippen molar-refractivity contribution in [3.63, 3.8) is 0 Å². The fraction of sp³-hybridized carbons (Fsp3) is 0.400. The number of nitrogens with zero attached hydrogens (tertiary/aromatic N) is 3. The maximum Gasteiger partial charge on any atom is 0.303 e. The van der Waals surface area contributed by atoms with Gasteiger partial charge in [-0.25, -0.2) is 0 Å². The highest BCUT2D eigenvalue weighted by Crippen LogP contribution is 2.36. The maximum absolute atomic E-state index is 11.4. The number of hydrogen-bond donors (Lipinski definition) is 3. The van der Waals surface area contributed by atoms with Crippen LogP contribution in [0.2, 0.25) is 0 Å². The van der Waals surface area contributed by atoms with E-state index < -0.39 is 5.97 Å². The summed E-state index contributed by atoms with van der Waals surface area (Å²) >= 11 is 0. The van der Waals surface area contributed by atoms with Crippen LogP contribution in [0.4, 0.5) is 5.82 Å². The molecule has 4 rings (SSSR count). The van der Waals surface area contributed by atoms with E-state index in [1.807, 2.05) is 18.2 Å². The molecule has 0 saturated heterocycles. The van der Waals surface area contributed by atoms with Crippen LogP contribution in [-0.4, -0.2) is 44.8 Å². The number of rotatable bonds is 11. The number of benzene rings is 1. The minimum atomic E-state index is -0.887. The van der Waals surface area contributed by atoms with Gasteiger partial charge >= 0.3 is 5.97 Å². The highest BCUT2D eigenvalue weighted by Gasteiger charge is 2.23. The smallest absolute Gasteiger partial charge is 0.303 e. The number of nitrogens with one attached hydrogen (secondary N) is 2. The number of aromatic amines is 1. The van der Waals surface area contributed by atoms with Crippen molar-refractivity contribution < 1.29 is 23.9 Å². The molecule has 1 aliphatic heterocycles. The summed E-state index contributed by atoms with van der Waals surface area (Å²) in [5, 5.41) is 23.3. The second-order valence-electron chi connectivity index (χ2n) is 7.07. The number of H-pyrrole nitrogens is 1. The third-order valence-corrected chi connectivity index (χ3v) is 4.86. The van der Waals surface area contributed by atoms with Crippen molar-refractivity contribution in [1.29, 1.82) is 0 Å². The van der Waals surface area contributed by atoms with Gasteiger partial charge in [0.1, 0.15) is 5.82 Å². The van der Waals surface area contributed by atoms with E-state index >= 15 is 0 Å². The lowest BCUT2D eigenvalue weighted by Gasteiger charge is -2.13.